The SMILES string of the molecule is Cc1nnc2ncc(-c3cccc(Cl)c3)cn12. The molecular weight excluding hydrogens is 236 g/mol. The third-order valence-corrected chi connectivity index (χ3v) is 2.83. The third kappa shape index (κ3) is 1.76. The highest BCUT2D eigenvalue weighted by atomic mass is 35.5. The van der Waals surface area contributed by atoms with Gasteiger partial charge in [-0.25, -0.2) is 4.98 Å². The molecule has 0 aliphatic heterocycles. The number of nitrogens with zero attached hydrogens (tertiary/aromatic N) is 4. The number of aromatic nitrogens is 4. The Hall–Kier alpha value is -1.94. The zero-order chi connectivity index (χ0) is 11.8. The second-order valence-corrected chi connectivity index (χ2v) is 4.21. The predicted molar refractivity (Wildman–Crippen MR) is 66.0 cm³/mol. The van der Waals surface area contributed by atoms with E-state index < -0.39 is 0 Å². The number of halogens is 1. The zero-order valence-electron chi connectivity index (χ0n) is 9.13. The minimum atomic E-state index is 0.605. The van der Waals surface area contributed by atoms with Crippen LogP contribution in [0.2, 0.25) is 5.02 Å². The van der Waals surface area contributed by atoms with Gasteiger partial charge in [0, 0.05) is 23.0 Å². The van der Waals surface area contributed by atoms with Crippen LogP contribution in [-0.4, -0.2) is 19.6 Å². The summed E-state index contributed by atoms with van der Waals surface area (Å²) in [5.74, 6) is 1.42. The summed E-state index contributed by atoms with van der Waals surface area (Å²) in [7, 11) is 0. The fourth-order valence-corrected chi connectivity index (χ4v) is 1.90. The van der Waals surface area contributed by atoms with E-state index in [1.807, 2.05) is 41.8 Å². The van der Waals surface area contributed by atoms with Gasteiger partial charge in [0.15, 0.2) is 0 Å². The lowest BCUT2D eigenvalue weighted by Gasteiger charge is -2.02. The molecule has 0 radical (unpaired) electrons. The molecule has 84 valence electrons. The Kier molecular flexibility index (Phi) is 2.30. The van der Waals surface area contributed by atoms with Gasteiger partial charge in [-0.3, -0.25) is 4.40 Å². The number of fused-ring (bicyclic) bond motifs is 1. The molecule has 2 heterocycles. The first-order chi connectivity index (χ1) is 8.24. The van der Waals surface area contributed by atoms with Crippen LogP contribution in [0.1, 0.15) is 5.82 Å². The normalized spacial score (nSPS) is 10.9. The van der Waals surface area contributed by atoms with Crippen LogP contribution in [-0.2, 0) is 0 Å². The number of aryl methyl sites for hydroxylation is 1. The summed E-state index contributed by atoms with van der Waals surface area (Å²) in [6, 6.07) is 7.67. The van der Waals surface area contributed by atoms with Crippen molar-refractivity contribution >= 4 is 17.4 Å². The molecule has 0 atom stereocenters. The van der Waals surface area contributed by atoms with Crippen molar-refractivity contribution in [2.75, 3.05) is 0 Å². The molecule has 0 spiro atoms. The maximum absolute atomic E-state index is 5.97. The average molecular weight is 245 g/mol. The standard InChI is InChI=1S/C12H9ClN4/c1-8-15-16-12-14-6-10(7-17(8)12)9-3-2-4-11(13)5-9/h2-7H,1H3. The topological polar surface area (TPSA) is 43.1 Å². The first-order valence-corrected chi connectivity index (χ1v) is 5.55. The van der Waals surface area contributed by atoms with E-state index in [9.17, 15) is 0 Å². The Morgan fingerprint density at radius 3 is 2.88 bits per heavy atom. The summed E-state index contributed by atoms with van der Waals surface area (Å²) in [4.78, 5) is 4.25. The smallest absolute Gasteiger partial charge is 0.254 e. The Morgan fingerprint density at radius 2 is 2.06 bits per heavy atom. The molecule has 1 aromatic carbocycles. The van der Waals surface area contributed by atoms with Crippen LogP contribution in [0.3, 0.4) is 0 Å². The van der Waals surface area contributed by atoms with Crippen molar-refractivity contribution in [3.05, 3.63) is 47.5 Å². The molecule has 4 nitrogen and oxygen atoms in total. The van der Waals surface area contributed by atoms with Crippen LogP contribution >= 0.6 is 11.6 Å². The van der Waals surface area contributed by atoms with Gasteiger partial charge in [0.1, 0.15) is 5.82 Å². The molecule has 0 amide bonds. The summed E-state index contributed by atoms with van der Waals surface area (Å²) in [6.45, 7) is 1.89. The van der Waals surface area contributed by atoms with Crippen molar-refractivity contribution in [2.45, 2.75) is 6.92 Å². The molecule has 0 N–H and O–H groups in total. The van der Waals surface area contributed by atoms with Crippen molar-refractivity contribution in [2.24, 2.45) is 0 Å². The van der Waals surface area contributed by atoms with Crippen molar-refractivity contribution < 1.29 is 0 Å². The highest BCUT2D eigenvalue weighted by molar-refractivity contribution is 6.30. The first kappa shape index (κ1) is 10.2. The lowest BCUT2D eigenvalue weighted by molar-refractivity contribution is 1.01. The molecule has 0 aliphatic carbocycles. The van der Waals surface area contributed by atoms with E-state index >= 15 is 0 Å². The maximum atomic E-state index is 5.97. The molecule has 0 saturated carbocycles. The predicted octanol–water partition coefficient (Wildman–Crippen LogP) is 2.75. The van der Waals surface area contributed by atoms with E-state index in [0.717, 1.165) is 17.0 Å². The van der Waals surface area contributed by atoms with Gasteiger partial charge in [-0.1, -0.05) is 23.7 Å². The molecule has 2 aromatic heterocycles. The molecule has 0 bridgehead atoms. The Labute approximate surface area is 103 Å². The van der Waals surface area contributed by atoms with Crippen molar-refractivity contribution in [3.63, 3.8) is 0 Å². The average Bonchev–Trinajstić information content (AvgIpc) is 2.71. The number of benzene rings is 1. The van der Waals surface area contributed by atoms with E-state index in [1.54, 1.807) is 6.20 Å². The lowest BCUT2D eigenvalue weighted by Crippen LogP contribution is -1.92. The van der Waals surface area contributed by atoms with Crippen molar-refractivity contribution in [1.82, 2.24) is 19.6 Å². The minimum Gasteiger partial charge on any atom is -0.270 e. The molecule has 0 fully saturated rings. The van der Waals surface area contributed by atoms with Crippen LogP contribution < -0.4 is 0 Å². The molecule has 0 saturated heterocycles. The van der Waals surface area contributed by atoms with E-state index in [1.165, 1.54) is 0 Å². The lowest BCUT2D eigenvalue weighted by atomic mass is 10.1. The first-order valence-electron chi connectivity index (χ1n) is 5.17. The van der Waals surface area contributed by atoms with Gasteiger partial charge in [-0.2, -0.15) is 0 Å². The fraction of sp³-hybridized carbons (Fsp3) is 0.0833. The summed E-state index contributed by atoms with van der Waals surface area (Å²) >= 11 is 5.97. The fourth-order valence-electron chi connectivity index (χ4n) is 1.71. The van der Waals surface area contributed by atoms with Gasteiger partial charge in [-0.05, 0) is 24.6 Å². The Morgan fingerprint density at radius 1 is 1.18 bits per heavy atom. The number of hydrogen-bond donors (Lipinski definition) is 0. The van der Waals surface area contributed by atoms with Crippen molar-refractivity contribution in [3.8, 4) is 11.1 Å². The third-order valence-electron chi connectivity index (χ3n) is 2.59. The number of rotatable bonds is 1. The minimum absolute atomic E-state index is 0.605. The molecule has 0 aliphatic rings. The molecule has 5 heteroatoms. The monoisotopic (exact) mass is 244 g/mol. The van der Waals surface area contributed by atoms with Gasteiger partial charge >= 0.3 is 0 Å². The summed E-state index contributed by atoms with van der Waals surface area (Å²) in [5, 5.41) is 8.63. The summed E-state index contributed by atoms with van der Waals surface area (Å²) < 4.78 is 1.86. The van der Waals surface area contributed by atoms with E-state index in [2.05, 4.69) is 15.2 Å². The molecule has 17 heavy (non-hydrogen) atoms. The van der Waals surface area contributed by atoms with Crippen LogP contribution in [0.4, 0.5) is 0 Å². The highest BCUT2D eigenvalue weighted by Gasteiger charge is 2.04. The van der Waals surface area contributed by atoms with E-state index in [-0.39, 0.29) is 0 Å². The van der Waals surface area contributed by atoms with Gasteiger partial charge < -0.3 is 0 Å². The highest BCUT2D eigenvalue weighted by Crippen LogP contribution is 2.22. The van der Waals surface area contributed by atoms with Crippen LogP contribution in [0.5, 0.6) is 0 Å². The molecule has 0 unspecified atom stereocenters. The van der Waals surface area contributed by atoms with Gasteiger partial charge in [0.2, 0.25) is 0 Å². The van der Waals surface area contributed by atoms with Gasteiger partial charge in [-0.15, -0.1) is 10.2 Å². The van der Waals surface area contributed by atoms with Gasteiger partial charge in [0.25, 0.3) is 5.78 Å². The molecular formula is C12H9ClN4. The van der Waals surface area contributed by atoms with Gasteiger partial charge in [0.05, 0.1) is 0 Å². The zero-order valence-corrected chi connectivity index (χ0v) is 9.89. The molecule has 3 aromatic rings. The number of hydrogen-bond acceptors (Lipinski definition) is 3. The summed E-state index contributed by atoms with van der Waals surface area (Å²) in [5.41, 5.74) is 2.02. The second kappa shape index (κ2) is 3.82. The largest absolute Gasteiger partial charge is 0.270 e. The second-order valence-electron chi connectivity index (χ2n) is 3.77. The van der Waals surface area contributed by atoms with Crippen LogP contribution in [0.15, 0.2) is 36.7 Å². The van der Waals surface area contributed by atoms with Crippen LogP contribution in [0, 0.1) is 6.92 Å². The van der Waals surface area contributed by atoms with Crippen LogP contribution in [0.25, 0.3) is 16.9 Å². The maximum Gasteiger partial charge on any atom is 0.254 e. The van der Waals surface area contributed by atoms with E-state index in [4.69, 9.17) is 11.6 Å². The van der Waals surface area contributed by atoms with E-state index in [0.29, 0.717) is 10.8 Å². The quantitative estimate of drug-likeness (QED) is 0.661. The Bertz CT molecular complexity index is 690. The molecule has 3 rings (SSSR count). The van der Waals surface area contributed by atoms with Crippen molar-refractivity contribution in [1.29, 1.82) is 0 Å². The Balaban J connectivity index is 2.20. The summed E-state index contributed by atoms with van der Waals surface area (Å²) in [6.07, 6.45) is 3.73.